The summed E-state index contributed by atoms with van der Waals surface area (Å²) >= 11 is 0. The SMILES string of the molecule is CCc1ccc(C(=O)N2CCN(C(=O)[C@@]34CCCC[C@H]3CNC4)CC2)cc1.Cl. The molecule has 3 fully saturated rings. The number of hydrogen-bond acceptors (Lipinski definition) is 3. The molecule has 2 heterocycles. The van der Waals surface area contributed by atoms with Crippen molar-refractivity contribution in [2.75, 3.05) is 39.3 Å². The number of nitrogens with one attached hydrogen (secondary N) is 1. The Morgan fingerprint density at radius 3 is 2.43 bits per heavy atom. The molecule has 28 heavy (non-hydrogen) atoms. The van der Waals surface area contributed by atoms with E-state index in [9.17, 15) is 9.59 Å². The number of rotatable bonds is 3. The van der Waals surface area contributed by atoms with Crippen LogP contribution in [-0.4, -0.2) is 60.9 Å². The van der Waals surface area contributed by atoms with E-state index >= 15 is 0 Å². The molecule has 2 atom stereocenters. The van der Waals surface area contributed by atoms with Crippen LogP contribution in [-0.2, 0) is 11.2 Å². The van der Waals surface area contributed by atoms with Crippen LogP contribution in [0.2, 0.25) is 0 Å². The first-order chi connectivity index (χ1) is 13.1. The maximum atomic E-state index is 13.4. The van der Waals surface area contributed by atoms with Crippen molar-refractivity contribution in [3.8, 4) is 0 Å². The molecule has 154 valence electrons. The molecular weight excluding hydrogens is 374 g/mol. The molecule has 0 spiro atoms. The fraction of sp³-hybridized carbons (Fsp3) is 0.636. The van der Waals surface area contributed by atoms with Crippen molar-refractivity contribution >= 4 is 24.2 Å². The van der Waals surface area contributed by atoms with Crippen LogP contribution >= 0.6 is 12.4 Å². The third-order valence-corrected chi connectivity index (χ3v) is 6.93. The van der Waals surface area contributed by atoms with E-state index in [1.807, 2.05) is 34.1 Å². The van der Waals surface area contributed by atoms with Gasteiger partial charge in [0, 0.05) is 38.3 Å². The molecule has 5 nitrogen and oxygen atoms in total. The van der Waals surface area contributed by atoms with E-state index in [1.165, 1.54) is 18.4 Å². The highest BCUT2D eigenvalue weighted by Crippen LogP contribution is 2.45. The van der Waals surface area contributed by atoms with E-state index in [0.717, 1.165) is 37.9 Å². The first-order valence-electron chi connectivity index (χ1n) is 10.5. The Morgan fingerprint density at radius 2 is 1.75 bits per heavy atom. The van der Waals surface area contributed by atoms with Crippen molar-refractivity contribution in [2.24, 2.45) is 11.3 Å². The van der Waals surface area contributed by atoms with Gasteiger partial charge in [-0.15, -0.1) is 12.4 Å². The van der Waals surface area contributed by atoms with Crippen molar-refractivity contribution < 1.29 is 9.59 Å². The fourth-order valence-electron chi connectivity index (χ4n) is 5.16. The molecule has 0 bridgehead atoms. The van der Waals surface area contributed by atoms with Gasteiger partial charge >= 0.3 is 0 Å². The molecule has 0 radical (unpaired) electrons. The summed E-state index contributed by atoms with van der Waals surface area (Å²) in [5.74, 6) is 0.910. The topological polar surface area (TPSA) is 52.7 Å². The average molecular weight is 406 g/mol. The second-order valence-corrected chi connectivity index (χ2v) is 8.36. The number of halogens is 1. The van der Waals surface area contributed by atoms with Crippen molar-refractivity contribution in [3.05, 3.63) is 35.4 Å². The number of nitrogens with zero attached hydrogens (tertiary/aromatic N) is 2. The monoisotopic (exact) mass is 405 g/mol. The van der Waals surface area contributed by atoms with Crippen LogP contribution in [0.15, 0.2) is 24.3 Å². The molecule has 1 aliphatic carbocycles. The summed E-state index contributed by atoms with van der Waals surface area (Å²) in [4.78, 5) is 30.0. The minimum atomic E-state index is -0.180. The number of fused-ring (bicyclic) bond motifs is 1. The van der Waals surface area contributed by atoms with Crippen LogP contribution < -0.4 is 5.32 Å². The molecule has 6 heteroatoms. The summed E-state index contributed by atoms with van der Waals surface area (Å²) in [5.41, 5.74) is 1.81. The number of piperazine rings is 1. The summed E-state index contributed by atoms with van der Waals surface area (Å²) in [6.07, 6.45) is 5.58. The van der Waals surface area contributed by atoms with Gasteiger partial charge in [0.25, 0.3) is 5.91 Å². The van der Waals surface area contributed by atoms with Gasteiger partial charge < -0.3 is 15.1 Å². The van der Waals surface area contributed by atoms with Gasteiger partial charge in [-0.05, 0) is 49.4 Å². The van der Waals surface area contributed by atoms with Gasteiger partial charge in [-0.2, -0.15) is 0 Å². The zero-order chi connectivity index (χ0) is 18.9. The highest BCUT2D eigenvalue weighted by atomic mass is 35.5. The largest absolute Gasteiger partial charge is 0.339 e. The lowest BCUT2D eigenvalue weighted by atomic mass is 9.67. The van der Waals surface area contributed by atoms with Crippen LogP contribution in [0.3, 0.4) is 0 Å². The zero-order valence-corrected chi connectivity index (χ0v) is 17.6. The third kappa shape index (κ3) is 3.79. The smallest absolute Gasteiger partial charge is 0.253 e. The molecule has 2 saturated heterocycles. The molecule has 4 rings (SSSR count). The lowest BCUT2D eigenvalue weighted by Gasteiger charge is -2.43. The molecule has 0 aromatic heterocycles. The van der Waals surface area contributed by atoms with Crippen molar-refractivity contribution in [3.63, 3.8) is 0 Å². The minimum absolute atomic E-state index is 0. The van der Waals surface area contributed by atoms with Gasteiger partial charge in [0.15, 0.2) is 0 Å². The Balaban J connectivity index is 0.00000225. The number of carbonyl (C=O) groups is 2. The van der Waals surface area contributed by atoms with Gasteiger partial charge in [0.05, 0.1) is 5.41 Å². The van der Waals surface area contributed by atoms with Crippen molar-refractivity contribution in [1.82, 2.24) is 15.1 Å². The minimum Gasteiger partial charge on any atom is -0.339 e. The number of benzene rings is 1. The summed E-state index contributed by atoms with van der Waals surface area (Å²) in [6, 6.07) is 7.91. The summed E-state index contributed by atoms with van der Waals surface area (Å²) in [5, 5.41) is 3.47. The average Bonchev–Trinajstić information content (AvgIpc) is 3.18. The van der Waals surface area contributed by atoms with Gasteiger partial charge in [0.2, 0.25) is 5.91 Å². The molecule has 2 aliphatic heterocycles. The Kier molecular flexibility index (Phi) is 6.66. The first-order valence-corrected chi connectivity index (χ1v) is 10.5. The van der Waals surface area contributed by atoms with E-state index in [2.05, 4.69) is 12.2 Å². The molecule has 1 aromatic carbocycles. The highest BCUT2D eigenvalue weighted by molar-refractivity contribution is 5.94. The van der Waals surface area contributed by atoms with Gasteiger partial charge in [-0.3, -0.25) is 9.59 Å². The number of hydrogen-bond donors (Lipinski definition) is 1. The summed E-state index contributed by atoms with van der Waals surface area (Å²) in [7, 11) is 0. The second kappa shape index (κ2) is 8.83. The van der Waals surface area contributed by atoms with Crippen LogP contribution in [0.1, 0.15) is 48.5 Å². The summed E-state index contributed by atoms with van der Waals surface area (Å²) in [6.45, 7) is 6.52. The van der Waals surface area contributed by atoms with E-state index in [4.69, 9.17) is 0 Å². The summed E-state index contributed by atoms with van der Waals surface area (Å²) < 4.78 is 0. The van der Waals surface area contributed by atoms with Gasteiger partial charge in [0.1, 0.15) is 0 Å². The van der Waals surface area contributed by atoms with Crippen molar-refractivity contribution in [1.29, 1.82) is 0 Å². The molecule has 1 aromatic rings. The molecule has 1 saturated carbocycles. The fourth-order valence-corrected chi connectivity index (χ4v) is 5.16. The van der Waals surface area contributed by atoms with Crippen LogP contribution in [0.5, 0.6) is 0 Å². The normalized spacial score (nSPS) is 27.1. The standard InChI is InChI=1S/C22H31N3O2.ClH/c1-2-17-6-8-18(9-7-17)20(26)24-11-13-25(14-12-24)21(27)22-10-4-3-5-19(22)15-23-16-22;/h6-9,19,23H,2-5,10-16H2,1H3;1H/t19-,22+;/m0./s1. The van der Waals surface area contributed by atoms with Crippen LogP contribution in [0.25, 0.3) is 0 Å². The van der Waals surface area contributed by atoms with E-state index in [0.29, 0.717) is 38.0 Å². The predicted octanol–water partition coefficient (Wildman–Crippen LogP) is 2.74. The predicted molar refractivity (Wildman–Crippen MR) is 113 cm³/mol. The molecule has 3 aliphatic rings. The highest BCUT2D eigenvalue weighted by Gasteiger charge is 2.51. The Labute approximate surface area is 174 Å². The number of carbonyl (C=O) groups excluding carboxylic acids is 2. The zero-order valence-electron chi connectivity index (χ0n) is 16.8. The number of amides is 2. The van der Waals surface area contributed by atoms with E-state index in [-0.39, 0.29) is 23.7 Å². The maximum absolute atomic E-state index is 13.4. The number of aryl methyl sites for hydroxylation is 1. The Bertz CT molecular complexity index is 700. The Morgan fingerprint density at radius 1 is 1.07 bits per heavy atom. The van der Waals surface area contributed by atoms with Crippen molar-refractivity contribution in [2.45, 2.75) is 39.0 Å². The second-order valence-electron chi connectivity index (χ2n) is 8.36. The lowest BCUT2D eigenvalue weighted by molar-refractivity contribution is -0.146. The lowest BCUT2D eigenvalue weighted by Crippen LogP contribution is -2.56. The van der Waals surface area contributed by atoms with Crippen LogP contribution in [0.4, 0.5) is 0 Å². The molecule has 1 N–H and O–H groups in total. The Hall–Kier alpha value is -1.59. The van der Waals surface area contributed by atoms with Gasteiger partial charge in [-0.1, -0.05) is 31.9 Å². The molecular formula is C22H32ClN3O2. The maximum Gasteiger partial charge on any atom is 0.253 e. The van der Waals surface area contributed by atoms with E-state index in [1.54, 1.807) is 0 Å². The molecule has 0 unspecified atom stereocenters. The van der Waals surface area contributed by atoms with Crippen LogP contribution in [0, 0.1) is 11.3 Å². The van der Waals surface area contributed by atoms with Gasteiger partial charge in [-0.25, -0.2) is 0 Å². The first kappa shape index (κ1) is 21.1. The third-order valence-electron chi connectivity index (χ3n) is 6.93. The quantitative estimate of drug-likeness (QED) is 0.841. The molecule has 2 amide bonds. The van der Waals surface area contributed by atoms with E-state index < -0.39 is 0 Å².